The molecule has 1 N–H and O–H groups in total. The van der Waals surface area contributed by atoms with Crippen LogP contribution in [-0.4, -0.2) is 32.2 Å². The van der Waals surface area contributed by atoms with E-state index in [9.17, 15) is 9.59 Å². The molecule has 0 aliphatic heterocycles. The first-order valence-electron chi connectivity index (χ1n) is 8.66. The summed E-state index contributed by atoms with van der Waals surface area (Å²) in [5.74, 6) is 2.12. The van der Waals surface area contributed by atoms with Crippen LogP contribution in [0.2, 0.25) is 0 Å². The van der Waals surface area contributed by atoms with Crippen LogP contribution in [0.5, 0.6) is 0 Å². The van der Waals surface area contributed by atoms with Gasteiger partial charge in [-0.05, 0) is 44.0 Å². The highest BCUT2D eigenvalue weighted by molar-refractivity contribution is 7.99. The highest BCUT2D eigenvalue weighted by Gasteiger charge is 2.30. The van der Waals surface area contributed by atoms with Crippen molar-refractivity contribution in [2.45, 2.75) is 43.8 Å². The number of hydrogen-bond acceptors (Lipinski definition) is 5. The van der Waals surface area contributed by atoms with Gasteiger partial charge in [0.05, 0.1) is 0 Å². The number of nitrogens with one attached hydrogen (secondary N) is 1. The summed E-state index contributed by atoms with van der Waals surface area (Å²) in [6, 6.07) is 6.91. The topological polar surface area (TPSA) is 76.9 Å². The van der Waals surface area contributed by atoms with Crippen LogP contribution < -0.4 is 5.32 Å². The predicted octanol–water partition coefficient (Wildman–Crippen LogP) is 3.67. The normalized spacial score (nSPS) is 13.4. The first kappa shape index (κ1) is 18.4. The van der Waals surface area contributed by atoms with Crippen LogP contribution in [0.3, 0.4) is 0 Å². The zero-order valence-corrected chi connectivity index (χ0v) is 15.6. The molecule has 1 aliphatic carbocycles. The summed E-state index contributed by atoms with van der Waals surface area (Å²) in [6.45, 7) is 6.01. The molecular formula is C19H22N4O2S. The zero-order valence-electron chi connectivity index (χ0n) is 14.8. The van der Waals surface area contributed by atoms with Gasteiger partial charge in [-0.15, -0.1) is 16.8 Å². The van der Waals surface area contributed by atoms with Crippen molar-refractivity contribution in [3.63, 3.8) is 0 Å². The number of Topliss-reactive ketones (excluding diaryl/α,β-unsaturated/α-hetero) is 1. The minimum Gasteiger partial charge on any atom is -0.326 e. The molecular weight excluding hydrogens is 348 g/mol. The number of anilines is 1. The van der Waals surface area contributed by atoms with Crippen LogP contribution in [0.25, 0.3) is 0 Å². The Labute approximate surface area is 157 Å². The third kappa shape index (κ3) is 4.60. The van der Waals surface area contributed by atoms with Gasteiger partial charge in [0, 0.05) is 35.9 Å². The van der Waals surface area contributed by atoms with E-state index in [0.717, 1.165) is 11.0 Å². The third-order valence-corrected chi connectivity index (χ3v) is 5.10. The highest BCUT2D eigenvalue weighted by Crippen LogP contribution is 2.40. The van der Waals surface area contributed by atoms with E-state index in [4.69, 9.17) is 0 Å². The average Bonchev–Trinajstić information content (AvgIpc) is 3.39. The lowest BCUT2D eigenvalue weighted by atomic mass is 10.1. The van der Waals surface area contributed by atoms with Crippen LogP contribution in [-0.2, 0) is 11.3 Å². The lowest BCUT2D eigenvalue weighted by molar-refractivity contribution is -0.115. The molecule has 7 heteroatoms. The molecule has 1 saturated carbocycles. The van der Waals surface area contributed by atoms with Gasteiger partial charge in [0.1, 0.15) is 5.82 Å². The molecule has 0 radical (unpaired) electrons. The monoisotopic (exact) mass is 370 g/mol. The predicted molar refractivity (Wildman–Crippen MR) is 103 cm³/mol. The molecule has 26 heavy (non-hydrogen) atoms. The number of benzene rings is 1. The van der Waals surface area contributed by atoms with Gasteiger partial charge in [-0.1, -0.05) is 17.8 Å². The number of ketones is 1. The van der Waals surface area contributed by atoms with Gasteiger partial charge in [0.25, 0.3) is 0 Å². The summed E-state index contributed by atoms with van der Waals surface area (Å²) in [6.07, 6.45) is 4.56. The largest absolute Gasteiger partial charge is 0.326 e. The Bertz CT molecular complexity index is 809. The van der Waals surface area contributed by atoms with E-state index in [1.165, 1.54) is 31.5 Å². The Morgan fingerprint density at radius 3 is 2.65 bits per heavy atom. The van der Waals surface area contributed by atoms with Crippen molar-refractivity contribution in [2.75, 3.05) is 11.1 Å². The fraction of sp³-hybridized carbons (Fsp3) is 0.368. The molecule has 1 aromatic heterocycles. The lowest BCUT2D eigenvalue weighted by Crippen LogP contribution is -2.12. The van der Waals surface area contributed by atoms with E-state index in [2.05, 4.69) is 26.7 Å². The van der Waals surface area contributed by atoms with Gasteiger partial charge >= 0.3 is 0 Å². The van der Waals surface area contributed by atoms with E-state index in [1.54, 1.807) is 24.3 Å². The molecule has 1 aromatic carbocycles. The number of nitrogens with zero attached hydrogens (tertiary/aromatic N) is 3. The smallest absolute Gasteiger partial charge is 0.225 e. The molecule has 2 aromatic rings. The number of rotatable bonds is 9. The minimum atomic E-state index is -0.0646. The van der Waals surface area contributed by atoms with Gasteiger partial charge in [-0.2, -0.15) is 0 Å². The Kier molecular flexibility index (Phi) is 5.88. The van der Waals surface area contributed by atoms with Crippen LogP contribution in [0.15, 0.2) is 42.1 Å². The van der Waals surface area contributed by atoms with Crippen LogP contribution >= 0.6 is 11.8 Å². The first-order valence-corrected chi connectivity index (χ1v) is 9.64. The highest BCUT2D eigenvalue weighted by atomic mass is 32.2. The summed E-state index contributed by atoms with van der Waals surface area (Å²) in [5.41, 5.74) is 1.32. The number of allylic oxidation sites excluding steroid dienone is 1. The van der Waals surface area contributed by atoms with Crippen molar-refractivity contribution < 1.29 is 9.59 Å². The Balaban J connectivity index is 1.50. The summed E-state index contributed by atoms with van der Waals surface area (Å²) in [5, 5.41) is 12.3. The van der Waals surface area contributed by atoms with Crippen molar-refractivity contribution in [1.82, 2.24) is 14.8 Å². The Hall–Kier alpha value is -2.41. The molecule has 6 nitrogen and oxygen atoms in total. The maximum Gasteiger partial charge on any atom is 0.225 e. The molecule has 136 valence electrons. The first-order chi connectivity index (χ1) is 12.6. The quantitative estimate of drug-likeness (QED) is 0.414. The summed E-state index contributed by atoms with van der Waals surface area (Å²) >= 11 is 1.53. The second kappa shape index (κ2) is 8.31. The number of amides is 1. The van der Waals surface area contributed by atoms with Gasteiger partial charge < -0.3 is 9.88 Å². The fourth-order valence-electron chi connectivity index (χ4n) is 2.60. The number of aromatic nitrogens is 3. The summed E-state index contributed by atoms with van der Waals surface area (Å²) < 4.78 is 2.09. The van der Waals surface area contributed by atoms with E-state index >= 15 is 0 Å². The zero-order chi connectivity index (χ0) is 18.5. The SMILES string of the molecule is C=CCn1c(SCCC(=O)Nc2ccc(C(C)=O)cc2)nnc1C1CC1. The summed E-state index contributed by atoms with van der Waals surface area (Å²) in [7, 11) is 0. The van der Waals surface area contributed by atoms with Crippen LogP contribution in [0, 0.1) is 0 Å². The van der Waals surface area contributed by atoms with Crippen LogP contribution in [0.4, 0.5) is 5.69 Å². The second-order valence-electron chi connectivity index (χ2n) is 6.29. The van der Waals surface area contributed by atoms with E-state index in [1.807, 2.05) is 6.08 Å². The fourth-order valence-corrected chi connectivity index (χ4v) is 3.49. The molecule has 1 heterocycles. The van der Waals surface area contributed by atoms with E-state index < -0.39 is 0 Å². The lowest BCUT2D eigenvalue weighted by Gasteiger charge is -2.07. The maximum atomic E-state index is 12.1. The molecule has 0 spiro atoms. The molecule has 3 rings (SSSR count). The number of carbonyl (C=O) groups excluding carboxylic acids is 2. The maximum absolute atomic E-state index is 12.1. The Morgan fingerprint density at radius 2 is 2.04 bits per heavy atom. The number of carbonyl (C=O) groups is 2. The average molecular weight is 370 g/mol. The van der Waals surface area contributed by atoms with Crippen molar-refractivity contribution in [3.05, 3.63) is 48.3 Å². The standard InChI is InChI=1S/C19H22N4O2S/c1-3-11-23-18(15-4-5-15)21-22-19(23)26-12-10-17(25)20-16-8-6-14(7-9-16)13(2)24/h3,6-9,15H,1,4-5,10-12H2,2H3,(H,20,25). The second-order valence-corrected chi connectivity index (χ2v) is 7.36. The van der Waals surface area contributed by atoms with Crippen molar-refractivity contribution in [3.8, 4) is 0 Å². The minimum absolute atomic E-state index is 0.00785. The van der Waals surface area contributed by atoms with Crippen molar-refractivity contribution >= 4 is 29.1 Å². The molecule has 0 bridgehead atoms. The van der Waals surface area contributed by atoms with Crippen molar-refractivity contribution in [2.24, 2.45) is 0 Å². The molecule has 1 fully saturated rings. The van der Waals surface area contributed by atoms with Gasteiger partial charge in [0.15, 0.2) is 10.9 Å². The molecule has 0 unspecified atom stereocenters. The molecule has 0 saturated heterocycles. The Morgan fingerprint density at radius 1 is 1.31 bits per heavy atom. The van der Waals surface area contributed by atoms with Crippen molar-refractivity contribution in [1.29, 1.82) is 0 Å². The molecule has 0 atom stereocenters. The number of thioether (sulfide) groups is 1. The third-order valence-electron chi connectivity index (χ3n) is 4.14. The van der Waals surface area contributed by atoms with E-state index in [-0.39, 0.29) is 11.7 Å². The van der Waals surface area contributed by atoms with Crippen LogP contribution in [0.1, 0.15) is 48.3 Å². The number of hydrogen-bond donors (Lipinski definition) is 1. The van der Waals surface area contributed by atoms with Gasteiger partial charge in [-0.25, -0.2) is 0 Å². The van der Waals surface area contributed by atoms with Gasteiger partial charge in [-0.3, -0.25) is 9.59 Å². The molecule has 1 amide bonds. The summed E-state index contributed by atoms with van der Waals surface area (Å²) in [4.78, 5) is 23.4. The molecule has 1 aliphatic rings. The van der Waals surface area contributed by atoms with Gasteiger partial charge in [0.2, 0.25) is 5.91 Å². The van der Waals surface area contributed by atoms with E-state index in [0.29, 0.717) is 35.9 Å².